The quantitative estimate of drug-likeness (QED) is 0.324. The molecule has 0 rings (SSSR count). The van der Waals surface area contributed by atoms with Crippen molar-refractivity contribution in [3.8, 4) is 0 Å². The Kier molecular flexibility index (Phi) is 11.3. The monoisotopic (exact) mass is 226 g/mol. The largest absolute Gasteiger partial charge is 0.356 e. The summed E-state index contributed by atoms with van der Waals surface area (Å²) in [6, 6.07) is 0. The summed E-state index contributed by atoms with van der Waals surface area (Å²) in [4.78, 5) is 0. The van der Waals surface area contributed by atoms with Crippen LogP contribution in [0.5, 0.6) is 0 Å². The van der Waals surface area contributed by atoms with E-state index in [-0.39, 0.29) is 19.9 Å². The molecular formula is C9H19ClO4. The molecule has 0 unspecified atom stereocenters. The van der Waals surface area contributed by atoms with E-state index in [2.05, 4.69) is 0 Å². The third-order valence-corrected chi connectivity index (χ3v) is 1.65. The van der Waals surface area contributed by atoms with Gasteiger partial charge >= 0.3 is 0 Å². The molecule has 0 aromatic rings. The van der Waals surface area contributed by atoms with E-state index in [0.29, 0.717) is 25.5 Å². The number of hydrogen-bond donors (Lipinski definition) is 0. The van der Waals surface area contributed by atoms with Gasteiger partial charge in [0.25, 0.3) is 0 Å². The molecule has 0 aliphatic carbocycles. The fraction of sp³-hybridized carbons (Fsp3) is 1.00. The maximum Gasteiger partial charge on any atom is 0.164 e. The molecule has 4 nitrogen and oxygen atoms in total. The van der Waals surface area contributed by atoms with Crippen molar-refractivity contribution in [2.45, 2.75) is 26.6 Å². The summed E-state index contributed by atoms with van der Waals surface area (Å²) >= 11 is 5.58. The lowest BCUT2D eigenvalue weighted by Gasteiger charge is -2.16. The highest BCUT2D eigenvalue weighted by Gasteiger charge is 2.08. The van der Waals surface area contributed by atoms with Gasteiger partial charge in [-0.25, -0.2) is 0 Å². The Morgan fingerprint density at radius 3 is 1.86 bits per heavy atom. The Labute approximate surface area is 90.4 Å². The topological polar surface area (TPSA) is 36.9 Å². The van der Waals surface area contributed by atoms with Crippen LogP contribution in [-0.4, -0.2) is 39.0 Å². The van der Waals surface area contributed by atoms with E-state index in [4.69, 9.17) is 30.5 Å². The van der Waals surface area contributed by atoms with Gasteiger partial charge in [0.05, 0.1) is 0 Å². The smallest absolute Gasteiger partial charge is 0.164 e. The number of alkyl halides is 1. The van der Waals surface area contributed by atoms with Crippen LogP contribution in [0, 0.1) is 0 Å². The summed E-state index contributed by atoms with van der Waals surface area (Å²) in [6.45, 7) is 5.51. The standard InChI is InChI=1S/C9H19ClO4/c1-3-11-7-13-9(5-6-10)14-8-12-4-2/h9H,3-8H2,1-2H3. The van der Waals surface area contributed by atoms with Gasteiger partial charge in [0, 0.05) is 25.5 Å². The zero-order valence-electron chi connectivity index (χ0n) is 8.83. The molecule has 0 aliphatic heterocycles. The molecular weight excluding hydrogens is 208 g/mol. The summed E-state index contributed by atoms with van der Waals surface area (Å²) in [5, 5.41) is 0. The molecule has 0 N–H and O–H groups in total. The van der Waals surface area contributed by atoms with Crippen molar-refractivity contribution in [2.24, 2.45) is 0 Å². The second-order valence-electron chi connectivity index (χ2n) is 2.46. The first-order valence-electron chi connectivity index (χ1n) is 4.79. The van der Waals surface area contributed by atoms with Crippen molar-refractivity contribution in [2.75, 3.05) is 32.7 Å². The van der Waals surface area contributed by atoms with Crippen LogP contribution in [0.25, 0.3) is 0 Å². The van der Waals surface area contributed by atoms with E-state index in [0.717, 1.165) is 0 Å². The van der Waals surface area contributed by atoms with Crippen molar-refractivity contribution >= 4 is 11.6 Å². The zero-order chi connectivity index (χ0) is 10.6. The predicted molar refractivity (Wildman–Crippen MR) is 54.3 cm³/mol. The van der Waals surface area contributed by atoms with E-state index in [9.17, 15) is 0 Å². The first kappa shape index (κ1) is 14.1. The van der Waals surface area contributed by atoms with Gasteiger partial charge in [0.15, 0.2) is 6.29 Å². The normalized spacial score (nSPS) is 11.1. The lowest BCUT2D eigenvalue weighted by Crippen LogP contribution is -2.21. The minimum Gasteiger partial charge on any atom is -0.356 e. The molecule has 0 atom stereocenters. The third-order valence-electron chi connectivity index (χ3n) is 1.43. The van der Waals surface area contributed by atoms with Gasteiger partial charge in [-0.05, 0) is 13.8 Å². The fourth-order valence-corrected chi connectivity index (χ4v) is 0.897. The van der Waals surface area contributed by atoms with E-state index in [1.807, 2.05) is 13.8 Å². The molecule has 0 aromatic carbocycles. The summed E-state index contributed by atoms with van der Waals surface area (Å²) < 4.78 is 20.6. The lowest BCUT2D eigenvalue weighted by molar-refractivity contribution is -0.227. The van der Waals surface area contributed by atoms with Crippen molar-refractivity contribution < 1.29 is 18.9 Å². The molecule has 0 spiro atoms. The Morgan fingerprint density at radius 2 is 1.50 bits per heavy atom. The molecule has 86 valence electrons. The number of ether oxygens (including phenoxy) is 4. The summed E-state index contributed by atoms with van der Waals surface area (Å²) in [5.41, 5.74) is 0. The van der Waals surface area contributed by atoms with Crippen LogP contribution in [0.15, 0.2) is 0 Å². The first-order valence-corrected chi connectivity index (χ1v) is 5.33. The van der Waals surface area contributed by atoms with E-state index in [1.54, 1.807) is 0 Å². The second-order valence-corrected chi connectivity index (χ2v) is 2.84. The molecule has 0 aliphatic rings. The molecule has 5 heteroatoms. The van der Waals surface area contributed by atoms with Gasteiger partial charge in [-0.15, -0.1) is 11.6 Å². The van der Waals surface area contributed by atoms with Crippen molar-refractivity contribution in [3.05, 3.63) is 0 Å². The van der Waals surface area contributed by atoms with Crippen LogP contribution in [0.3, 0.4) is 0 Å². The van der Waals surface area contributed by atoms with E-state index >= 15 is 0 Å². The van der Waals surface area contributed by atoms with Gasteiger partial charge in [0.1, 0.15) is 13.6 Å². The number of rotatable bonds is 10. The van der Waals surface area contributed by atoms with Gasteiger partial charge in [0.2, 0.25) is 0 Å². The van der Waals surface area contributed by atoms with Crippen molar-refractivity contribution in [1.82, 2.24) is 0 Å². The SMILES string of the molecule is CCOCOC(CCCl)OCOCC. The average Bonchev–Trinajstić information content (AvgIpc) is 2.18. The van der Waals surface area contributed by atoms with Crippen LogP contribution in [0.4, 0.5) is 0 Å². The van der Waals surface area contributed by atoms with Gasteiger partial charge in [-0.3, -0.25) is 0 Å². The van der Waals surface area contributed by atoms with E-state index < -0.39 is 0 Å². The first-order chi connectivity index (χ1) is 6.85. The van der Waals surface area contributed by atoms with Crippen LogP contribution < -0.4 is 0 Å². The highest BCUT2D eigenvalue weighted by Crippen LogP contribution is 2.03. The molecule has 0 heterocycles. The number of halogens is 1. The molecule has 0 aromatic heterocycles. The summed E-state index contributed by atoms with van der Waals surface area (Å²) in [6.07, 6.45) is 0.285. The molecule has 14 heavy (non-hydrogen) atoms. The van der Waals surface area contributed by atoms with Gasteiger partial charge < -0.3 is 18.9 Å². The van der Waals surface area contributed by atoms with Crippen molar-refractivity contribution in [3.63, 3.8) is 0 Å². The molecule has 0 bridgehead atoms. The maximum absolute atomic E-state index is 5.58. The number of hydrogen-bond acceptors (Lipinski definition) is 4. The van der Waals surface area contributed by atoms with Gasteiger partial charge in [-0.2, -0.15) is 0 Å². The summed E-state index contributed by atoms with van der Waals surface area (Å²) in [7, 11) is 0. The predicted octanol–water partition coefficient (Wildman–Crippen LogP) is 1.96. The highest BCUT2D eigenvalue weighted by molar-refractivity contribution is 6.17. The maximum atomic E-state index is 5.58. The Bertz CT molecular complexity index is 103. The zero-order valence-corrected chi connectivity index (χ0v) is 9.59. The minimum absolute atomic E-state index is 0.226. The Balaban J connectivity index is 3.44. The second kappa shape index (κ2) is 11.2. The van der Waals surface area contributed by atoms with Crippen LogP contribution in [-0.2, 0) is 18.9 Å². The van der Waals surface area contributed by atoms with Crippen LogP contribution in [0.1, 0.15) is 20.3 Å². The van der Waals surface area contributed by atoms with Crippen molar-refractivity contribution in [1.29, 1.82) is 0 Å². The average molecular weight is 227 g/mol. The molecule has 0 radical (unpaired) electrons. The highest BCUT2D eigenvalue weighted by atomic mass is 35.5. The Hall–Kier alpha value is 0.130. The lowest BCUT2D eigenvalue weighted by atomic mass is 10.5. The molecule has 0 amide bonds. The van der Waals surface area contributed by atoms with Crippen LogP contribution >= 0.6 is 11.6 Å². The van der Waals surface area contributed by atoms with Crippen LogP contribution in [0.2, 0.25) is 0 Å². The molecule has 0 saturated carbocycles. The van der Waals surface area contributed by atoms with Gasteiger partial charge in [-0.1, -0.05) is 0 Å². The Morgan fingerprint density at radius 1 is 1.00 bits per heavy atom. The van der Waals surface area contributed by atoms with E-state index in [1.165, 1.54) is 0 Å². The fourth-order valence-electron chi connectivity index (χ4n) is 0.719. The molecule has 0 saturated heterocycles. The third kappa shape index (κ3) is 8.72. The summed E-state index contributed by atoms with van der Waals surface area (Å²) in [5.74, 6) is 0.489. The molecule has 0 fully saturated rings. The minimum atomic E-state index is -0.342.